The minimum atomic E-state index is 0.0472. The normalized spacial score (nSPS) is 46.2. The van der Waals surface area contributed by atoms with Crippen LogP contribution in [0.15, 0.2) is 12.2 Å². The lowest BCUT2D eigenvalue weighted by atomic mass is 9.93. The lowest BCUT2D eigenvalue weighted by Gasteiger charge is -2.29. The van der Waals surface area contributed by atoms with E-state index in [0.29, 0.717) is 11.8 Å². The molecule has 2 aliphatic heterocycles. The summed E-state index contributed by atoms with van der Waals surface area (Å²) >= 11 is 0. The number of rotatable bonds is 3. The SMILES string of the molecule is C1=C[C@H]2C[C@H]1C[C@@H]2[C@H]1OC[C@H](CN2CCOCC2)O1. The predicted molar refractivity (Wildman–Crippen MR) is 70.7 cm³/mol. The van der Waals surface area contributed by atoms with Gasteiger partial charge < -0.3 is 14.2 Å². The van der Waals surface area contributed by atoms with E-state index in [2.05, 4.69) is 17.1 Å². The number of hydrogen-bond donors (Lipinski definition) is 0. The second-order valence-electron chi connectivity index (χ2n) is 6.32. The van der Waals surface area contributed by atoms with Crippen molar-refractivity contribution in [3.8, 4) is 0 Å². The molecule has 5 atom stereocenters. The van der Waals surface area contributed by atoms with Gasteiger partial charge in [-0.15, -0.1) is 0 Å². The van der Waals surface area contributed by atoms with Crippen molar-refractivity contribution in [3.05, 3.63) is 12.2 Å². The van der Waals surface area contributed by atoms with E-state index < -0.39 is 0 Å². The third-order valence-electron chi connectivity index (χ3n) is 5.02. The number of hydrogen-bond acceptors (Lipinski definition) is 4. The number of morpholine rings is 1. The Bertz CT molecular complexity index is 353. The maximum atomic E-state index is 6.16. The second-order valence-corrected chi connectivity index (χ2v) is 6.32. The number of fused-ring (bicyclic) bond motifs is 2. The van der Waals surface area contributed by atoms with Gasteiger partial charge >= 0.3 is 0 Å². The summed E-state index contributed by atoms with van der Waals surface area (Å²) in [6.07, 6.45) is 7.64. The number of ether oxygens (including phenoxy) is 3. The molecule has 4 aliphatic rings. The summed E-state index contributed by atoms with van der Waals surface area (Å²) in [7, 11) is 0. The lowest BCUT2D eigenvalue weighted by molar-refractivity contribution is -0.107. The van der Waals surface area contributed by atoms with E-state index in [-0.39, 0.29) is 12.4 Å². The molecule has 0 amide bonds. The highest BCUT2D eigenvalue weighted by Crippen LogP contribution is 2.46. The average Bonchev–Trinajstić information content (AvgIpc) is 3.15. The van der Waals surface area contributed by atoms with E-state index in [1.165, 1.54) is 12.8 Å². The van der Waals surface area contributed by atoms with Gasteiger partial charge in [0.2, 0.25) is 0 Å². The lowest BCUT2D eigenvalue weighted by Crippen LogP contribution is -2.41. The van der Waals surface area contributed by atoms with Crippen molar-refractivity contribution in [3.63, 3.8) is 0 Å². The van der Waals surface area contributed by atoms with Crippen LogP contribution in [0.25, 0.3) is 0 Å². The first-order valence-corrected chi connectivity index (χ1v) is 7.64. The summed E-state index contributed by atoms with van der Waals surface area (Å²) in [6, 6.07) is 0. The summed E-state index contributed by atoms with van der Waals surface area (Å²) in [4.78, 5) is 2.43. The summed E-state index contributed by atoms with van der Waals surface area (Å²) in [5.41, 5.74) is 0. The quantitative estimate of drug-likeness (QED) is 0.719. The van der Waals surface area contributed by atoms with Crippen LogP contribution in [0.3, 0.4) is 0 Å². The van der Waals surface area contributed by atoms with E-state index in [9.17, 15) is 0 Å². The van der Waals surface area contributed by atoms with Crippen molar-refractivity contribution in [2.24, 2.45) is 17.8 Å². The van der Waals surface area contributed by atoms with Crippen molar-refractivity contribution in [1.29, 1.82) is 0 Å². The Morgan fingerprint density at radius 1 is 1.11 bits per heavy atom. The first-order valence-electron chi connectivity index (χ1n) is 7.64. The Hall–Kier alpha value is -0.420. The van der Waals surface area contributed by atoms with Crippen LogP contribution in [-0.2, 0) is 14.2 Å². The Kier molecular flexibility index (Phi) is 3.35. The highest BCUT2D eigenvalue weighted by atomic mass is 16.7. The molecule has 4 nitrogen and oxygen atoms in total. The highest BCUT2D eigenvalue weighted by Gasteiger charge is 2.44. The van der Waals surface area contributed by atoms with Gasteiger partial charge in [-0.05, 0) is 24.7 Å². The summed E-state index contributed by atoms with van der Waals surface area (Å²) in [6.45, 7) is 5.53. The molecule has 2 saturated heterocycles. The van der Waals surface area contributed by atoms with Gasteiger partial charge in [0.15, 0.2) is 6.29 Å². The average molecular weight is 265 g/mol. The van der Waals surface area contributed by atoms with Crippen LogP contribution in [0.4, 0.5) is 0 Å². The molecular weight excluding hydrogens is 242 g/mol. The Morgan fingerprint density at radius 2 is 2.00 bits per heavy atom. The summed E-state index contributed by atoms with van der Waals surface area (Å²) in [5.74, 6) is 2.10. The van der Waals surface area contributed by atoms with Crippen molar-refractivity contribution in [2.75, 3.05) is 39.5 Å². The molecule has 3 fully saturated rings. The van der Waals surface area contributed by atoms with Gasteiger partial charge in [0.1, 0.15) is 0 Å². The second kappa shape index (κ2) is 5.17. The van der Waals surface area contributed by atoms with Crippen molar-refractivity contribution < 1.29 is 14.2 Å². The van der Waals surface area contributed by atoms with Crippen LogP contribution >= 0.6 is 0 Å². The molecule has 2 bridgehead atoms. The van der Waals surface area contributed by atoms with Crippen LogP contribution in [0.5, 0.6) is 0 Å². The van der Waals surface area contributed by atoms with Crippen LogP contribution in [0.2, 0.25) is 0 Å². The zero-order chi connectivity index (χ0) is 12.7. The van der Waals surface area contributed by atoms with Gasteiger partial charge in [-0.3, -0.25) is 4.90 Å². The Balaban J connectivity index is 1.29. The third-order valence-corrected chi connectivity index (χ3v) is 5.02. The molecule has 0 radical (unpaired) electrons. The first kappa shape index (κ1) is 12.3. The monoisotopic (exact) mass is 265 g/mol. The molecule has 0 aromatic rings. The van der Waals surface area contributed by atoms with Gasteiger partial charge in [-0.1, -0.05) is 12.2 Å². The van der Waals surface area contributed by atoms with E-state index >= 15 is 0 Å². The minimum absolute atomic E-state index is 0.0472. The van der Waals surface area contributed by atoms with E-state index in [1.54, 1.807) is 0 Å². The standard InChI is InChI=1S/C15H23NO3/c1-2-12-7-11(1)8-14(12)15-18-10-13(19-15)9-16-3-5-17-6-4-16/h1-2,11-15H,3-10H2/t11-,12-,13-,14-,15-/m0/s1. The van der Waals surface area contributed by atoms with Crippen molar-refractivity contribution in [1.82, 2.24) is 4.90 Å². The molecule has 0 aromatic heterocycles. The summed E-state index contributed by atoms with van der Waals surface area (Å²) < 4.78 is 17.5. The van der Waals surface area contributed by atoms with Crippen molar-refractivity contribution >= 4 is 0 Å². The predicted octanol–water partition coefficient (Wildman–Crippen LogP) is 1.27. The zero-order valence-electron chi connectivity index (χ0n) is 11.4. The molecule has 4 heteroatoms. The molecule has 4 rings (SSSR count). The van der Waals surface area contributed by atoms with Gasteiger partial charge in [-0.2, -0.15) is 0 Å². The molecule has 2 aliphatic carbocycles. The van der Waals surface area contributed by atoms with E-state index in [0.717, 1.165) is 45.4 Å². The Labute approximate surface area is 114 Å². The molecule has 0 aromatic carbocycles. The van der Waals surface area contributed by atoms with Crippen LogP contribution in [0, 0.1) is 17.8 Å². The van der Waals surface area contributed by atoms with E-state index in [1.807, 2.05) is 0 Å². The Morgan fingerprint density at radius 3 is 2.74 bits per heavy atom. The van der Waals surface area contributed by atoms with Crippen LogP contribution < -0.4 is 0 Å². The summed E-state index contributed by atoms with van der Waals surface area (Å²) in [5, 5.41) is 0. The fraction of sp³-hybridized carbons (Fsp3) is 0.867. The topological polar surface area (TPSA) is 30.9 Å². The van der Waals surface area contributed by atoms with Crippen LogP contribution in [0.1, 0.15) is 12.8 Å². The maximum absolute atomic E-state index is 6.16. The molecule has 1 saturated carbocycles. The fourth-order valence-electron chi connectivity index (χ4n) is 4.00. The minimum Gasteiger partial charge on any atom is -0.379 e. The fourth-order valence-corrected chi connectivity index (χ4v) is 4.00. The highest BCUT2D eigenvalue weighted by molar-refractivity contribution is 5.11. The van der Waals surface area contributed by atoms with Crippen LogP contribution in [-0.4, -0.2) is 56.7 Å². The molecule has 0 unspecified atom stereocenters. The third kappa shape index (κ3) is 2.47. The van der Waals surface area contributed by atoms with Gasteiger partial charge in [0.25, 0.3) is 0 Å². The number of allylic oxidation sites excluding steroid dienone is 2. The molecule has 19 heavy (non-hydrogen) atoms. The van der Waals surface area contributed by atoms with Crippen molar-refractivity contribution in [2.45, 2.75) is 25.2 Å². The maximum Gasteiger partial charge on any atom is 0.161 e. The smallest absolute Gasteiger partial charge is 0.161 e. The van der Waals surface area contributed by atoms with Gasteiger partial charge in [-0.25, -0.2) is 0 Å². The zero-order valence-corrected chi connectivity index (χ0v) is 11.4. The molecule has 106 valence electrons. The van der Waals surface area contributed by atoms with Gasteiger partial charge in [0, 0.05) is 25.6 Å². The first-order chi connectivity index (χ1) is 9.38. The largest absolute Gasteiger partial charge is 0.379 e. The molecule has 2 heterocycles. The molecular formula is C15H23NO3. The number of nitrogens with zero attached hydrogens (tertiary/aromatic N) is 1. The van der Waals surface area contributed by atoms with E-state index in [4.69, 9.17) is 14.2 Å². The van der Waals surface area contributed by atoms with Gasteiger partial charge in [0.05, 0.1) is 25.9 Å². The molecule has 0 N–H and O–H groups in total. The molecule has 0 spiro atoms.